The molecule has 0 aliphatic carbocycles. The number of aromatic nitrogens is 1. The van der Waals surface area contributed by atoms with Crippen LogP contribution in [0.25, 0.3) is 10.9 Å². The molecule has 1 aromatic heterocycles. The van der Waals surface area contributed by atoms with Crippen LogP contribution in [0, 0.1) is 5.92 Å². The monoisotopic (exact) mass is 475 g/mol. The Morgan fingerprint density at radius 2 is 2.06 bits per heavy atom. The molecule has 3 aliphatic heterocycles. The number of rotatable bonds is 5. The van der Waals surface area contributed by atoms with Gasteiger partial charge in [0.1, 0.15) is 6.10 Å². The van der Waals surface area contributed by atoms with Crippen LogP contribution in [0.1, 0.15) is 25.7 Å². The third-order valence-electron chi connectivity index (χ3n) is 7.10. The number of aliphatic imine (C=N–C) groups is 1. The first-order valence-electron chi connectivity index (χ1n) is 12.4. The van der Waals surface area contributed by atoms with E-state index in [9.17, 15) is 4.79 Å². The highest BCUT2D eigenvalue weighted by molar-refractivity contribution is 5.96. The minimum absolute atomic E-state index is 0.0598. The topological polar surface area (TPSA) is 93.3 Å². The van der Waals surface area contributed by atoms with Gasteiger partial charge in [0.2, 0.25) is 11.8 Å². The van der Waals surface area contributed by atoms with Gasteiger partial charge in [-0.15, -0.1) is 0 Å². The van der Waals surface area contributed by atoms with Crippen molar-refractivity contribution in [3.8, 4) is 0 Å². The highest BCUT2D eigenvalue weighted by Crippen LogP contribution is 2.27. The van der Waals surface area contributed by atoms with Crippen LogP contribution in [0.3, 0.4) is 0 Å². The number of anilines is 1. The summed E-state index contributed by atoms with van der Waals surface area (Å²) in [6.07, 6.45) is 6.36. The summed E-state index contributed by atoms with van der Waals surface area (Å²) in [5.74, 6) is 0.777. The lowest BCUT2D eigenvalue weighted by Crippen LogP contribution is -2.39. The smallest absolute Gasteiger partial charge is 0.225 e. The number of fused-ring (bicyclic) bond motifs is 1. The molecule has 184 valence electrons. The van der Waals surface area contributed by atoms with Crippen molar-refractivity contribution in [2.75, 3.05) is 44.3 Å². The number of carbonyl (C=O) groups excluding carboxylic acids is 1. The molecule has 4 heterocycles. The van der Waals surface area contributed by atoms with Crippen LogP contribution in [0.4, 0.5) is 5.69 Å². The van der Waals surface area contributed by atoms with Crippen LogP contribution < -0.4 is 10.6 Å². The summed E-state index contributed by atoms with van der Waals surface area (Å²) in [5.41, 5.74) is 10.1. The lowest BCUT2D eigenvalue weighted by atomic mass is 9.99. The van der Waals surface area contributed by atoms with Crippen LogP contribution in [0.2, 0.25) is 0 Å². The number of amides is 1. The molecule has 0 bridgehead atoms. The van der Waals surface area contributed by atoms with Gasteiger partial charge in [-0.1, -0.05) is 24.8 Å². The summed E-state index contributed by atoms with van der Waals surface area (Å²) in [7, 11) is 0. The largest absolute Gasteiger partial charge is 0.472 e. The maximum atomic E-state index is 12.9. The van der Waals surface area contributed by atoms with E-state index in [1.807, 2.05) is 29.3 Å². The average Bonchev–Trinajstić information content (AvgIpc) is 3.37. The highest BCUT2D eigenvalue weighted by atomic mass is 16.5. The molecule has 0 radical (unpaired) electrons. The fraction of sp³-hybridized carbons (Fsp3) is 0.444. The van der Waals surface area contributed by atoms with E-state index < -0.39 is 0 Å². The normalized spacial score (nSPS) is 22.1. The second kappa shape index (κ2) is 10.5. The molecule has 1 amide bonds. The number of likely N-dealkylation sites (tertiary alicyclic amines) is 1. The van der Waals surface area contributed by atoms with Gasteiger partial charge in [-0.3, -0.25) is 9.78 Å². The quantitative estimate of drug-likeness (QED) is 0.527. The molecule has 8 heteroatoms. The summed E-state index contributed by atoms with van der Waals surface area (Å²) in [5, 5.41) is 1.10. The zero-order valence-corrected chi connectivity index (χ0v) is 20.1. The molecular weight excluding hydrogens is 442 g/mol. The molecule has 2 saturated heterocycles. The van der Waals surface area contributed by atoms with Crippen molar-refractivity contribution in [3.63, 3.8) is 0 Å². The molecule has 35 heavy (non-hydrogen) atoms. The van der Waals surface area contributed by atoms with Crippen molar-refractivity contribution >= 4 is 28.4 Å². The molecule has 1 atom stereocenters. The molecule has 3 aliphatic rings. The second-order valence-corrected chi connectivity index (χ2v) is 9.38. The van der Waals surface area contributed by atoms with Crippen molar-refractivity contribution < 1.29 is 14.3 Å². The van der Waals surface area contributed by atoms with E-state index in [0.29, 0.717) is 45.2 Å². The van der Waals surface area contributed by atoms with Gasteiger partial charge in [0.15, 0.2) is 0 Å². The molecule has 2 fully saturated rings. The predicted octanol–water partition coefficient (Wildman–Crippen LogP) is 3.24. The van der Waals surface area contributed by atoms with E-state index in [4.69, 9.17) is 15.2 Å². The number of carbonyl (C=O) groups is 1. The minimum Gasteiger partial charge on any atom is -0.472 e. The summed E-state index contributed by atoms with van der Waals surface area (Å²) in [6, 6.07) is 10.3. The SMILES string of the molecule is C=CN=C(O[C@H]1CCN(C(=O)C2CCOCC2)C1)C1=C(N)CCN(c2cnc3ccccc3c2)C1. The number of nitrogens with two attached hydrogens (primary N) is 1. The minimum atomic E-state index is -0.115. The zero-order valence-electron chi connectivity index (χ0n) is 20.1. The maximum Gasteiger partial charge on any atom is 0.225 e. The lowest BCUT2D eigenvalue weighted by Gasteiger charge is -2.32. The molecular formula is C27H33N5O3. The van der Waals surface area contributed by atoms with Crippen LogP contribution in [-0.2, 0) is 14.3 Å². The first-order valence-corrected chi connectivity index (χ1v) is 12.4. The predicted molar refractivity (Wildman–Crippen MR) is 137 cm³/mol. The number of ether oxygens (including phenoxy) is 2. The average molecular weight is 476 g/mol. The Morgan fingerprint density at radius 3 is 2.89 bits per heavy atom. The van der Waals surface area contributed by atoms with Gasteiger partial charge >= 0.3 is 0 Å². The van der Waals surface area contributed by atoms with Crippen molar-refractivity contribution in [2.45, 2.75) is 31.8 Å². The maximum absolute atomic E-state index is 12.9. The third kappa shape index (κ3) is 5.17. The number of nitrogens with zero attached hydrogens (tertiary/aromatic N) is 4. The Hall–Kier alpha value is -3.39. The fourth-order valence-corrected chi connectivity index (χ4v) is 5.08. The van der Waals surface area contributed by atoms with Gasteiger partial charge in [0.25, 0.3) is 0 Å². The van der Waals surface area contributed by atoms with Crippen molar-refractivity contribution in [1.29, 1.82) is 0 Å². The first-order chi connectivity index (χ1) is 17.1. The van der Waals surface area contributed by atoms with Crippen LogP contribution in [0.15, 0.2) is 65.6 Å². The Morgan fingerprint density at radius 1 is 1.23 bits per heavy atom. The van der Waals surface area contributed by atoms with Crippen LogP contribution >= 0.6 is 0 Å². The van der Waals surface area contributed by atoms with Gasteiger partial charge < -0.3 is 25.0 Å². The standard InChI is InChI=1S/C27H33N5O3/c1-2-29-26(35-22-7-11-32(17-22)27(33)19-9-13-34-14-10-19)23-18-31(12-8-24(23)28)21-15-20-5-3-4-6-25(20)30-16-21/h2-6,15-16,19,22H,1,7-14,17-18,28H2/t22-/m0/s1. The summed E-state index contributed by atoms with van der Waals surface area (Å²) < 4.78 is 11.8. The summed E-state index contributed by atoms with van der Waals surface area (Å²) >= 11 is 0. The van der Waals surface area contributed by atoms with Gasteiger partial charge in [-0.2, -0.15) is 0 Å². The Bertz CT molecular complexity index is 1150. The van der Waals surface area contributed by atoms with Crippen LogP contribution in [0.5, 0.6) is 0 Å². The van der Waals surface area contributed by atoms with Crippen molar-refractivity contribution in [1.82, 2.24) is 9.88 Å². The fourth-order valence-electron chi connectivity index (χ4n) is 5.08. The Kier molecular flexibility index (Phi) is 6.99. The van der Waals surface area contributed by atoms with Gasteiger partial charge in [0, 0.05) is 62.3 Å². The summed E-state index contributed by atoms with van der Waals surface area (Å²) in [4.78, 5) is 26.2. The van der Waals surface area contributed by atoms with E-state index in [2.05, 4.69) is 33.6 Å². The number of benzene rings is 1. The van der Waals surface area contributed by atoms with Gasteiger partial charge in [-0.05, 0) is 25.0 Å². The molecule has 0 spiro atoms. The van der Waals surface area contributed by atoms with E-state index in [0.717, 1.165) is 53.7 Å². The van der Waals surface area contributed by atoms with Gasteiger partial charge in [0.05, 0.1) is 36.1 Å². The van der Waals surface area contributed by atoms with E-state index >= 15 is 0 Å². The number of para-hydroxylation sites is 1. The molecule has 0 unspecified atom stereocenters. The van der Waals surface area contributed by atoms with Crippen molar-refractivity contribution in [2.24, 2.45) is 16.6 Å². The van der Waals surface area contributed by atoms with Crippen molar-refractivity contribution in [3.05, 3.63) is 60.6 Å². The van der Waals surface area contributed by atoms with E-state index in [1.165, 1.54) is 6.20 Å². The second-order valence-electron chi connectivity index (χ2n) is 9.38. The number of hydrogen-bond acceptors (Lipinski definition) is 7. The molecule has 0 saturated carbocycles. The molecule has 1 aromatic carbocycles. The Labute approximate surface area is 206 Å². The molecule has 2 N–H and O–H groups in total. The number of pyridine rings is 1. The van der Waals surface area contributed by atoms with E-state index in [1.54, 1.807) is 0 Å². The molecule has 5 rings (SSSR count). The zero-order chi connectivity index (χ0) is 24.2. The van der Waals surface area contributed by atoms with Gasteiger partial charge in [-0.25, -0.2) is 4.99 Å². The summed E-state index contributed by atoms with van der Waals surface area (Å²) in [6.45, 7) is 7.75. The molecule has 8 nitrogen and oxygen atoms in total. The third-order valence-corrected chi connectivity index (χ3v) is 7.10. The van der Waals surface area contributed by atoms with Crippen LogP contribution in [-0.4, -0.2) is 67.2 Å². The van der Waals surface area contributed by atoms with E-state index in [-0.39, 0.29) is 17.9 Å². The first kappa shape index (κ1) is 23.4. The Balaban J connectivity index is 1.27. The number of hydrogen-bond donors (Lipinski definition) is 1. The highest BCUT2D eigenvalue weighted by Gasteiger charge is 2.34. The lowest BCUT2D eigenvalue weighted by molar-refractivity contribution is -0.137. The molecule has 2 aromatic rings.